The number of ether oxygens (including phenoxy) is 3. The lowest BCUT2D eigenvalue weighted by Crippen LogP contribution is -2.30. The van der Waals surface area contributed by atoms with Crippen molar-refractivity contribution in [2.75, 3.05) is 13.2 Å². The van der Waals surface area contributed by atoms with Crippen LogP contribution in [-0.2, 0) is 28.6 Å². The Labute approximate surface area is 379 Å². The van der Waals surface area contributed by atoms with E-state index in [1.165, 1.54) is 186 Å². The van der Waals surface area contributed by atoms with Crippen LogP contribution in [-0.4, -0.2) is 37.2 Å². The van der Waals surface area contributed by atoms with E-state index in [-0.39, 0.29) is 31.1 Å². The molecule has 0 spiro atoms. The Morgan fingerprint density at radius 3 is 0.869 bits per heavy atom. The number of hydrogen-bond donors (Lipinski definition) is 0. The lowest BCUT2D eigenvalue weighted by atomic mass is 10.0. The van der Waals surface area contributed by atoms with Crippen LogP contribution in [0.3, 0.4) is 0 Å². The second kappa shape index (κ2) is 50.5. The van der Waals surface area contributed by atoms with Gasteiger partial charge in [-0.05, 0) is 64.2 Å². The van der Waals surface area contributed by atoms with Gasteiger partial charge in [0, 0.05) is 19.3 Å². The van der Waals surface area contributed by atoms with Gasteiger partial charge < -0.3 is 14.2 Å². The summed E-state index contributed by atoms with van der Waals surface area (Å²) in [5.41, 5.74) is 0. The summed E-state index contributed by atoms with van der Waals surface area (Å²) in [6, 6.07) is 0. The predicted octanol–water partition coefficient (Wildman–Crippen LogP) is 17.5. The van der Waals surface area contributed by atoms with Crippen LogP contribution in [0, 0.1) is 0 Å². The number of carbonyl (C=O) groups is 3. The van der Waals surface area contributed by atoms with Crippen molar-refractivity contribution in [3.05, 3.63) is 24.3 Å². The minimum absolute atomic E-state index is 0.0724. The summed E-state index contributed by atoms with van der Waals surface area (Å²) in [5, 5.41) is 0. The molecule has 6 nitrogen and oxygen atoms in total. The molecule has 0 aromatic heterocycles. The molecule has 0 saturated heterocycles. The number of carbonyl (C=O) groups excluding carboxylic acids is 3. The first-order valence-electron chi connectivity index (χ1n) is 26.8. The van der Waals surface area contributed by atoms with Crippen LogP contribution in [0.1, 0.15) is 290 Å². The smallest absolute Gasteiger partial charge is 0.306 e. The molecule has 0 radical (unpaired) electrons. The van der Waals surface area contributed by atoms with Crippen LogP contribution in [0.15, 0.2) is 24.3 Å². The van der Waals surface area contributed by atoms with Crippen molar-refractivity contribution in [2.24, 2.45) is 0 Å². The highest BCUT2D eigenvalue weighted by Gasteiger charge is 2.19. The molecule has 0 N–H and O–H groups in total. The van der Waals surface area contributed by atoms with Crippen LogP contribution in [0.25, 0.3) is 0 Å². The van der Waals surface area contributed by atoms with Gasteiger partial charge in [-0.25, -0.2) is 0 Å². The zero-order chi connectivity index (χ0) is 44.4. The van der Waals surface area contributed by atoms with E-state index in [0.29, 0.717) is 19.3 Å². The summed E-state index contributed by atoms with van der Waals surface area (Å²) in [7, 11) is 0. The number of rotatable bonds is 49. The molecule has 0 amide bonds. The Hall–Kier alpha value is -2.11. The monoisotopic (exact) mass is 859 g/mol. The third-order valence-electron chi connectivity index (χ3n) is 11.9. The molecule has 0 heterocycles. The number of unbranched alkanes of at least 4 members (excludes halogenated alkanes) is 34. The van der Waals surface area contributed by atoms with Crippen molar-refractivity contribution in [1.82, 2.24) is 0 Å². The van der Waals surface area contributed by atoms with Gasteiger partial charge in [-0.15, -0.1) is 0 Å². The molecule has 0 aromatic rings. The maximum absolute atomic E-state index is 12.8. The first-order chi connectivity index (χ1) is 30.0. The molecule has 0 bridgehead atoms. The van der Waals surface area contributed by atoms with Gasteiger partial charge in [0.1, 0.15) is 13.2 Å². The third-order valence-corrected chi connectivity index (χ3v) is 11.9. The standard InChI is InChI=1S/C55H102O6/c1-4-7-10-13-16-19-22-24-26-27-29-30-33-36-39-42-45-48-54(57)60-51-52(50-59-53(56)47-44-41-38-35-32-21-18-15-12-9-6-3)61-55(58)49-46-43-40-37-34-31-28-25-23-20-17-14-11-8-5-2/h15,18,24,26,52H,4-14,16-17,19-23,25,27-51H2,1-3H3/b18-15-,26-24-/t52-/m1/s1. The van der Waals surface area contributed by atoms with Crippen LogP contribution in [0.4, 0.5) is 0 Å². The predicted molar refractivity (Wildman–Crippen MR) is 261 cm³/mol. The topological polar surface area (TPSA) is 78.9 Å². The molecule has 6 heteroatoms. The maximum Gasteiger partial charge on any atom is 0.306 e. The third kappa shape index (κ3) is 48.8. The van der Waals surface area contributed by atoms with Crippen LogP contribution in [0.2, 0.25) is 0 Å². The molecule has 0 aliphatic rings. The highest BCUT2D eigenvalue weighted by molar-refractivity contribution is 5.71. The van der Waals surface area contributed by atoms with Crippen molar-refractivity contribution in [3.8, 4) is 0 Å². The second-order valence-electron chi connectivity index (χ2n) is 18.1. The summed E-state index contributed by atoms with van der Waals surface area (Å²) < 4.78 is 16.8. The van der Waals surface area contributed by atoms with E-state index in [4.69, 9.17) is 14.2 Å². The fraction of sp³-hybridized carbons (Fsp3) is 0.873. The van der Waals surface area contributed by atoms with E-state index in [9.17, 15) is 14.4 Å². The fourth-order valence-corrected chi connectivity index (χ4v) is 7.83. The molecule has 0 aliphatic carbocycles. The first kappa shape index (κ1) is 58.9. The van der Waals surface area contributed by atoms with Crippen LogP contribution >= 0.6 is 0 Å². The molecule has 0 aliphatic heterocycles. The van der Waals surface area contributed by atoms with Crippen molar-refractivity contribution in [1.29, 1.82) is 0 Å². The fourth-order valence-electron chi connectivity index (χ4n) is 7.83. The lowest BCUT2D eigenvalue weighted by Gasteiger charge is -2.18. The Balaban J connectivity index is 4.32. The molecule has 0 aromatic carbocycles. The minimum atomic E-state index is -0.771. The molecule has 358 valence electrons. The normalized spacial score (nSPS) is 12.1. The zero-order valence-corrected chi connectivity index (χ0v) is 40.9. The summed E-state index contributed by atoms with van der Waals surface area (Å²) in [5.74, 6) is -0.872. The van der Waals surface area contributed by atoms with Gasteiger partial charge in [-0.1, -0.05) is 231 Å². The second-order valence-corrected chi connectivity index (χ2v) is 18.1. The highest BCUT2D eigenvalue weighted by atomic mass is 16.6. The molecular weight excluding hydrogens is 757 g/mol. The summed E-state index contributed by atoms with van der Waals surface area (Å²) in [4.78, 5) is 38.0. The van der Waals surface area contributed by atoms with Crippen molar-refractivity contribution in [3.63, 3.8) is 0 Å². The lowest BCUT2D eigenvalue weighted by molar-refractivity contribution is -0.167. The van der Waals surface area contributed by atoms with Crippen molar-refractivity contribution in [2.45, 2.75) is 297 Å². The molecule has 61 heavy (non-hydrogen) atoms. The van der Waals surface area contributed by atoms with Gasteiger partial charge >= 0.3 is 17.9 Å². The minimum Gasteiger partial charge on any atom is -0.462 e. The van der Waals surface area contributed by atoms with E-state index >= 15 is 0 Å². The molecule has 0 saturated carbocycles. The quantitative estimate of drug-likeness (QED) is 0.0262. The molecule has 0 rings (SSSR count). The maximum atomic E-state index is 12.8. The Bertz CT molecular complexity index is 989. The summed E-state index contributed by atoms with van der Waals surface area (Å²) in [6.45, 7) is 6.62. The highest BCUT2D eigenvalue weighted by Crippen LogP contribution is 2.16. The Kier molecular flexibility index (Phi) is 48.8. The molecular formula is C55H102O6. The van der Waals surface area contributed by atoms with E-state index < -0.39 is 6.10 Å². The number of hydrogen-bond acceptors (Lipinski definition) is 6. The zero-order valence-electron chi connectivity index (χ0n) is 40.9. The van der Waals surface area contributed by atoms with Crippen LogP contribution in [0.5, 0.6) is 0 Å². The molecule has 1 atom stereocenters. The number of esters is 3. The van der Waals surface area contributed by atoms with E-state index in [1.54, 1.807) is 0 Å². The van der Waals surface area contributed by atoms with E-state index in [1.807, 2.05) is 0 Å². The summed E-state index contributed by atoms with van der Waals surface area (Å²) in [6.07, 6.45) is 57.3. The average molecular weight is 859 g/mol. The number of allylic oxidation sites excluding steroid dienone is 4. The Morgan fingerprint density at radius 2 is 0.557 bits per heavy atom. The van der Waals surface area contributed by atoms with Gasteiger partial charge in [-0.2, -0.15) is 0 Å². The van der Waals surface area contributed by atoms with E-state index in [2.05, 4.69) is 45.1 Å². The van der Waals surface area contributed by atoms with Crippen molar-refractivity contribution >= 4 is 17.9 Å². The first-order valence-corrected chi connectivity index (χ1v) is 26.8. The van der Waals surface area contributed by atoms with E-state index in [0.717, 1.165) is 64.2 Å². The summed E-state index contributed by atoms with van der Waals surface area (Å²) >= 11 is 0. The van der Waals surface area contributed by atoms with Gasteiger partial charge in [0.05, 0.1) is 0 Å². The van der Waals surface area contributed by atoms with Gasteiger partial charge in [0.15, 0.2) is 6.10 Å². The van der Waals surface area contributed by atoms with Gasteiger partial charge in [0.25, 0.3) is 0 Å². The molecule has 0 unspecified atom stereocenters. The van der Waals surface area contributed by atoms with Gasteiger partial charge in [-0.3, -0.25) is 14.4 Å². The largest absolute Gasteiger partial charge is 0.462 e. The average Bonchev–Trinajstić information content (AvgIpc) is 3.26. The Morgan fingerprint density at radius 1 is 0.311 bits per heavy atom. The van der Waals surface area contributed by atoms with Crippen molar-refractivity contribution < 1.29 is 28.6 Å². The molecule has 0 fully saturated rings. The van der Waals surface area contributed by atoms with Crippen LogP contribution < -0.4 is 0 Å². The van der Waals surface area contributed by atoms with Gasteiger partial charge in [0.2, 0.25) is 0 Å². The SMILES string of the molecule is CCCC/C=C\CCCCCCCC(=O)OC[C@H](COC(=O)CCCCCCCCC/C=C\CCCCCCCC)OC(=O)CCCCCCCCCCCCCCCCC.